The summed E-state index contributed by atoms with van der Waals surface area (Å²) in [6.07, 6.45) is 0. The molecule has 0 unspecified atom stereocenters. The average molecular weight is 242 g/mol. The van der Waals surface area contributed by atoms with Gasteiger partial charge >= 0.3 is 0 Å². The third-order valence-corrected chi connectivity index (χ3v) is 2.73. The number of ketones is 1. The van der Waals surface area contributed by atoms with Gasteiger partial charge in [-0.3, -0.25) is 9.59 Å². The van der Waals surface area contributed by atoms with Crippen LogP contribution < -0.4 is 5.56 Å². The lowest BCUT2D eigenvalue weighted by atomic mass is 10.2. The number of hydrogen-bond donors (Lipinski definition) is 0. The normalized spacial score (nSPS) is 10.4. The van der Waals surface area contributed by atoms with Gasteiger partial charge in [0.25, 0.3) is 5.56 Å². The van der Waals surface area contributed by atoms with E-state index >= 15 is 0 Å². The van der Waals surface area contributed by atoms with Gasteiger partial charge in [-0.2, -0.15) is 9.78 Å². The molecule has 0 aliphatic heterocycles. The number of nitrogens with zero attached hydrogens (tertiary/aromatic N) is 2. The van der Waals surface area contributed by atoms with Crippen molar-refractivity contribution in [2.75, 3.05) is 0 Å². The standard InChI is InChI=1S/C14H14N2O2/c1-9-4-6-12(7-5-9)16-13(18)8-10(2)14(15-16)11(3)17/h4-8H,1-3H3. The van der Waals surface area contributed by atoms with E-state index in [9.17, 15) is 9.59 Å². The molecule has 2 rings (SSSR count). The van der Waals surface area contributed by atoms with E-state index in [0.717, 1.165) is 5.56 Å². The molecule has 0 spiro atoms. The lowest BCUT2D eigenvalue weighted by Gasteiger charge is -2.07. The van der Waals surface area contributed by atoms with Gasteiger partial charge in [0.15, 0.2) is 5.78 Å². The maximum atomic E-state index is 11.9. The largest absolute Gasteiger partial charge is 0.293 e. The molecular weight excluding hydrogens is 228 g/mol. The summed E-state index contributed by atoms with van der Waals surface area (Å²) in [5, 5.41) is 4.13. The van der Waals surface area contributed by atoms with E-state index in [1.807, 2.05) is 31.2 Å². The molecule has 1 heterocycles. The summed E-state index contributed by atoms with van der Waals surface area (Å²) < 4.78 is 1.25. The Labute approximate surface area is 105 Å². The van der Waals surface area contributed by atoms with Crippen LogP contribution in [0.25, 0.3) is 5.69 Å². The Hall–Kier alpha value is -2.23. The van der Waals surface area contributed by atoms with Gasteiger partial charge in [0.1, 0.15) is 5.69 Å². The smallest absolute Gasteiger partial charge is 0.271 e. The topological polar surface area (TPSA) is 52.0 Å². The Kier molecular flexibility index (Phi) is 3.10. The highest BCUT2D eigenvalue weighted by atomic mass is 16.1. The fourth-order valence-corrected chi connectivity index (χ4v) is 1.76. The Morgan fingerprint density at radius 2 is 1.78 bits per heavy atom. The summed E-state index contributed by atoms with van der Waals surface area (Å²) in [5.74, 6) is -0.145. The van der Waals surface area contributed by atoms with Crippen LogP contribution in [0.1, 0.15) is 28.5 Å². The molecule has 0 atom stereocenters. The summed E-state index contributed by atoms with van der Waals surface area (Å²) in [5.41, 5.74) is 2.46. The Morgan fingerprint density at radius 1 is 1.17 bits per heavy atom. The lowest BCUT2D eigenvalue weighted by Crippen LogP contribution is -2.23. The van der Waals surface area contributed by atoms with E-state index in [1.54, 1.807) is 6.92 Å². The molecule has 92 valence electrons. The minimum absolute atomic E-state index is 0.145. The average Bonchev–Trinajstić information content (AvgIpc) is 2.30. The van der Waals surface area contributed by atoms with Gasteiger partial charge in [0, 0.05) is 13.0 Å². The van der Waals surface area contributed by atoms with Crippen molar-refractivity contribution in [3.05, 3.63) is 57.5 Å². The first-order chi connectivity index (χ1) is 8.49. The van der Waals surface area contributed by atoms with Gasteiger partial charge < -0.3 is 0 Å². The van der Waals surface area contributed by atoms with Gasteiger partial charge in [0.05, 0.1) is 5.69 Å². The van der Waals surface area contributed by atoms with Crippen molar-refractivity contribution in [1.82, 2.24) is 9.78 Å². The second-order valence-corrected chi connectivity index (χ2v) is 4.32. The monoisotopic (exact) mass is 242 g/mol. The van der Waals surface area contributed by atoms with E-state index in [4.69, 9.17) is 0 Å². The SMILES string of the molecule is CC(=O)c1nn(-c2ccc(C)cc2)c(=O)cc1C. The second kappa shape index (κ2) is 4.56. The Balaban J connectivity index is 2.64. The molecule has 0 aliphatic rings. The van der Waals surface area contributed by atoms with E-state index in [0.29, 0.717) is 16.9 Å². The van der Waals surface area contributed by atoms with Crippen molar-refractivity contribution in [3.8, 4) is 5.69 Å². The number of aromatic nitrogens is 2. The van der Waals surface area contributed by atoms with Crippen molar-refractivity contribution < 1.29 is 4.79 Å². The Bertz CT molecular complexity index is 654. The predicted octanol–water partition coefficient (Wildman–Crippen LogP) is 2.05. The maximum Gasteiger partial charge on any atom is 0.271 e. The van der Waals surface area contributed by atoms with Crippen LogP contribution in [-0.2, 0) is 0 Å². The highest BCUT2D eigenvalue weighted by Crippen LogP contribution is 2.08. The van der Waals surface area contributed by atoms with Crippen LogP contribution >= 0.6 is 0 Å². The quantitative estimate of drug-likeness (QED) is 0.757. The number of carbonyl (C=O) groups excluding carboxylic acids is 1. The van der Waals surface area contributed by atoms with Crippen molar-refractivity contribution in [1.29, 1.82) is 0 Å². The molecule has 0 fully saturated rings. The Morgan fingerprint density at radius 3 is 2.33 bits per heavy atom. The number of rotatable bonds is 2. The molecule has 0 saturated carbocycles. The third-order valence-electron chi connectivity index (χ3n) is 2.73. The molecule has 4 heteroatoms. The van der Waals surface area contributed by atoms with Crippen LogP contribution in [0, 0.1) is 13.8 Å². The highest BCUT2D eigenvalue weighted by molar-refractivity contribution is 5.93. The number of aryl methyl sites for hydroxylation is 2. The fourth-order valence-electron chi connectivity index (χ4n) is 1.76. The zero-order valence-electron chi connectivity index (χ0n) is 10.6. The summed E-state index contributed by atoms with van der Waals surface area (Å²) in [6, 6.07) is 8.85. The second-order valence-electron chi connectivity index (χ2n) is 4.32. The van der Waals surface area contributed by atoms with E-state index in [2.05, 4.69) is 5.10 Å². The molecular formula is C14H14N2O2. The molecule has 1 aromatic heterocycles. The van der Waals surface area contributed by atoms with Crippen LogP contribution in [0.4, 0.5) is 0 Å². The molecule has 1 aromatic carbocycles. The van der Waals surface area contributed by atoms with Gasteiger partial charge in [-0.15, -0.1) is 0 Å². The van der Waals surface area contributed by atoms with Gasteiger partial charge in [0.2, 0.25) is 0 Å². The molecule has 0 amide bonds. The molecule has 0 aliphatic carbocycles. The van der Waals surface area contributed by atoms with Crippen molar-refractivity contribution >= 4 is 5.78 Å². The van der Waals surface area contributed by atoms with Gasteiger partial charge in [-0.1, -0.05) is 17.7 Å². The molecule has 0 saturated heterocycles. The molecule has 2 aromatic rings. The highest BCUT2D eigenvalue weighted by Gasteiger charge is 2.10. The van der Waals surface area contributed by atoms with Crippen LogP contribution in [0.2, 0.25) is 0 Å². The molecule has 0 radical (unpaired) electrons. The first-order valence-electron chi connectivity index (χ1n) is 5.68. The summed E-state index contributed by atoms with van der Waals surface area (Å²) in [7, 11) is 0. The number of benzene rings is 1. The van der Waals surface area contributed by atoms with Crippen LogP contribution in [0.15, 0.2) is 35.1 Å². The van der Waals surface area contributed by atoms with Crippen molar-refractivity contribution in [2.24, 2.45) is 0 Å². The van der Waals surface area contributed by atoms with Crippen molar-refractivity contribution in [2.45, 2.75) is 20.8 Å². The molecule has 18 heavy (non-hydrogen) atoms. The number of Topliss-reactive ketones (excluding diaryl/α,β-unsaturated/α-hetero) is 1. The maximum absolute atomic E-state index is 11.9. The van der Waals surface area contributed by atoms with Crippen LogP contribution in [-0.4, -0.2) is 15.6 Å². The van der Waals surface area contributed by atoms with E-state index in [-0.39, 0.29) is 11.3 Å². The fraction of sp³-hybridized carbons (Fsp3) is 0.214. The summed E-state index contributed by atoms with van der Waals surface area (Å²) in [4.78, 5) is 23.3. The first-order valence-corrected chi connectivity index (χ1v) is 5.68. The molecule has 0 bridgehead atoms. The van der Waals surface area contributed by atoms with Crippen LogP contribution in [0.5, 0.6) is 0 Å². The number of carbonyl (C=O) groups is 1. The molecule has 0 N–H and O–H groups in total. The lowest BCUT2D eigenvalue weighted by molar-refractivity contribution is 0.101. The minimum Gasteiger partial charge on any atom is -0.293 e. The predicted molar refractivity (Wildman–Crippen MR) is 69.3 cm³/mol. The summed E-state index contributed by atoms with van der Waals surface area (Å²) >= 11 is 0. The molecule has 4 nitrogen and oxygen atoms in total. The van der Waals surface area contributed by atoms with E-state index < -0.39 is 0 Å². The number of hydrogen-bond acceptors (Lipinski definition) is 3. The van der Waals surface area contributed by atoms with Crippen LogP contribution in [0.3, 0.4) is 0 Å². The minimum atomic E-state index is -0.235. The third kappa shape index (κ3) is 2.22. The van der Waals surface area contributed by atoms with E-state index in [1.165, 1.54) is 17.7 Å². The summed E-state index contributed by atoms with van der Waals surface area (Å²) in [6.45, 7) is 5.13. The zero-order valence-corrected chi connectivity index (χ0v) is 10.6. The van der Waals surface area contributed by atoms with Gasteiger partial charge in [-0.25, -0.2) is 0 Å². The zero-order chi connectivity index (χ0) is 13.3. The first kappa shape index (κ1) is 12.2. The van der Waals surface area contributed by atoms with Gasteiger partial charge in [-0.05, 0) is 31.5 Å². The van der Waals surface area contributed by atoms with Crippen molar-refractivity contribution in [3.63, 3.8) is 0 Å².